The fourth-order valence-corrected chi connectivity index (χ4v) is 8.50. The van der Waals surface area contributed by atoms with Crippen LogP contribution in [0.5, 0.6) is 0 Å². The average Bonchev–Trinajstić information content (AvgIpc) is 3.34. The third kappa shape index (κ3) is 6.83. The van der Waals surface area contributed by atoms with E-state index in [0.717, 1.165) is 37.7 Å². The van der Waals surface area contributed by atoms with Crippen LogP contribution in [0.25, 0.3) is 10.9 Å². The van der Waals surface area contributed by atoms with Gasteiger partial charge in [-0.2, -0.15) is 0 Å². The molecule has 0 unspecified atom stereocenters. The first-order chi connectivity index (χ1) is 19.8. The van der Waals surface area contributed by atoms with Crippen molar-refractivity contribution in [1.82, 2.24) is 14.5 Å². The summed E-state index contributed by atoms with van der Waals surface area (Å²) in [5.74, 6) is -0.508. The Kier molecular flexibility index (Phi) is 9.13. The molecule has 1 saturated carbocycles. The van der Waals surface area contributed by atoms with Crippen LogP contribution in [0.3, 0.4) is 0 Å². The molecule has 0 N–H and O–H groups in total. The molecule has 2 heterocycles. The molecular formula is C30H35N3O6S2. The SMILES string of the molecule is COC(=O)c1ccc2c(=O)n(CCc3ccccc3)c(SCC(=O)N(C3CCCCC3)[C@@H]3CCS(=O)(=O)C3)nc2c1. The van der Waals surface area contributed by atoms with Crippen molar-refractivity contribution in [3.8, 4) is 0 Å². The van der Waals surface area contributed by atoms with E-state index in [-0.39, 0.29) is 46.4 Å². The monoisotopic (exact) mass is 597 g/mol. The van der Waals surface area contributed by atoms with Crippen LogP contribution in [0.4, 0.5) is 0 Å². The zero-order valence-corrected chi connectivity index (χ0v) is 24.8. The number of hydrogen-bond donors (Lipinski definition) is 0. The first-order valence-corrected chi connectivity index (χ1v) is 16.9. The fourth-order valence-electron chi connectivity index (χ4n) is 5.90. The molecule has 218 valence electrons. The number of benzene rings is 2. The molecule has 2 aromatic carbocycles. The molecule has 1 atom stereocenters. The molecule has 1 aromatic heterocycles. The van der Waals surface area contributed by atoms with Gasteiger partial charge in [-0.3, -0.25) is 14.2 Å². The maximum Gasteiger partial charge on any atom is 0.337 e. The number of esters is 1. The van der Waals surface area contributed by atoms with Crippen LogP contribution in [0.15, 0.2) is 58.5 Å². The third-order valence-electron chi connectivity index (χ3n) is 7.99. The molecule has 1 aliphatic heterocycles. The lowest BCUT2D eigenvalue weighted by Crippen LogP contribution is -2.49. The molecule has 2 fully saturated rings. The molecule has 11 heteroatoms. The minimum atomic E-state index is -3.16. The Morgan fingerprint density at radius 1 is 1.05 bits per heavy atom. The van der Waals surface area contributed by atoms with Crippen LogP contribution < -0.4 is 5.56 Å². The van der Waals surface area contributed by atoms with E-state index in [2.05, 4.69) is 0 Å². The standard InChI is InChI=1S/C30H35N3O6S2/c1-39-29(36)22-12-13-25-26(18-22)31-30(32(28(25)35)16-14-21-8-4-2-5-9-21)40-19-27(34)33(23-10-6-3-7-11-23)24-15-17-41(37,38)20-24/h2,4-5,8-9,12-13,18,23-24H,3,6-7,10-11,14-17,19-20H2,1H3/t24-/m1/s1. The highest BCUT2D eigenvalue weighted by molar-refractivity contribution is 7.99. The van der Waals surface area contributed by atoms with Gasteiger partial charge in [0.15, 0.2) is 15.0 Å². The van der Waals surface area contributed by atoms with Crippen LogP contribution in [0.2, 0.25) is 0 Å². The second kappa shape index (κ2) is 12.8. The number of methoxy groups -OCH3 is 1. The maximum absolute atomic E-state index is 13.8. The molecule has 0 spiro atoms. The first kappa shape index (κ1) is 29.3. The minimum Gasteiger partial charge on any atom is -0.465 e. The van der Waals surface area contributed by atoms with Gasteiger partial charge >= 0.3 is 5.97 Å². The number of sulfone groups is 1. The maximum atomic E-state index is 13.8. The van der Waals surface area contributed by atoms with Gasteiger partial charge in [-0.05, 0) is 49.4 Å². The van der Waals surface area contributed by atoms with Gasteiger partial charge in [0, 0.05) is 18.6 Å². The molecule has 2 aliphatic rings. The van der Waals surface area contributed by atoms with Crippen molar-refractivity contribution < 1.29 is 22.7 Å². The van der Waals surface area contributed by atoms with Crippen molar-refractivity contribution in [3.05, 3.63) is 70.0 Å². The van der Waals surface area contributed by atoms with Crippen LogP contribution in [0.1, 0.15) is 54.4 Å². The van der Waals surface area contributed by atoms with Gasteiger partial charge in [0.25, 0.3) is 5.56 Å². The van der Waals surface area contributed by atoms with E-state index >= 15 is 0 Å². The van der Waals surface area contributed by atoms with Crippen LogP contribution in [-0.2, 0) is 32.3 Å². The van der Waals surface area contributed by atoms with E-state index in [9.17, 15) is 22.8 Å². The van der Waals surface area contributed by atoms with Crippen LogP contribution >= 0.6 is 11.8 Å². The van der Waals surface area contributed by atoms with E-state index in [1.807, 2.05) is 35.2 Å². The van der Waals surface area contributed by atoms with Gasteiger partial charge in [-0.25, -0.2) is 18.2 Å². The summed E-state index contributed by atoms with van der Waals surface area (Å²) in [4.78, 5) is 46.1. The van der Waals surface area contributed by atoms with Gasteiger partial charge in [-0.1, -0.05) is 61.4 Å². The quantitative estimate of drug-likeness (QED) is 0.207. The van der Waals surface area contributed by atoms with Gasteiger partial charge < -0.3 is 9.64 Å². The summed E-state index contributed by atoms with van der Waals surface area (Å²) in [6, 6.07) is 14.2. The number of rotatable bonds is 9. The number of fused-ring (bicyclic) bond motifs is 1. The summed E-state index contributed by atoms with van der Waals surface area (Å²) in [5.41, 5.74) is 1.46. The fraction of sp³-hybridized carbons (Fsp3) is 0.467. The minimum absolute atomic E-state index is 0.00617. The Morgan fingerprint density at radius 3 is 2.49 bits per heavy atom. The lowest BCUT2D eigenvalue weighted by molar-refractivity contribution is -0.133. The van der Waals surface area contributed by atoms with Crippen molar-refractivity contribution in [2.45, 2.75) is 68.7 Å². The van der Waals surface area contributed by atoms with Crippen LogP contribution in [0, 0.1) is 0 Å². The van der Waals surface area contributed by atoms with E-state index < -0.39 is 15.8 Å². The number of carbonyl (C=O) groups excluding carboxylic acids is 2. The van der Waals surface area contributed by atoms with Gasteiger partial charge in [-0.15, -0.1) is 0 Å². The number of ether oxygens (including phenoxy) is 1. The van der Waals surface area contributed by atoms with E-state index in [4.69, 9.17) is 9.72 Å². The Bertz CT molecular complexity index is 1580. The van der Waals surface area contributed by atoms with Crippen molar-refractivity contribution in [2.75, 3.05) is 24.4 Å². The highest BCUT2D eigenvalue weighted by atomic mass is 32.2. The third-order valence-corrected chi connectivity index (χ3v) is 10.7. The topological polar surface area (TPSA) is 116 Å². The van der Waals surface area contributed by atoms with Gasteiger partial charge in [0.2, 0.25) is 5.91 Å². The molecule has 41 heavy (non-hydrogen) atoms. The number of nitrogens with zero attached hydrogens (tertiary/aromatic N) is 3. The van der Waals surface area contributed by atoms with Crippen LogP contribution in [-0.4, -0.2) is 71.2 Å². The van der Waals surface area contributed by atoms with Crippen molar-refractivity contribution in [2.24, 2.45) is 0 Å². The number of carbonyl (C=O) groups is 2. The Labute approximate surface area is 244 Å². The zero-order chi connectivity index (χ0) is 29.0. The summed E-state index contributed by atoms with van der Waals surface area (Å²) < 4.78 is 31.0. The largest absolute Gasteiger partial charge is 0.465 e. The molecule has 1 amide bonds. The summed E-state index contributed by atoms with van der Waals surface area (Å²) in [6.45, 7) is 0.369. The molecule has 1 aliphatic carbocycles. The number of aromatic nitrogens is 2. The highest BCUT2D eigenvalue weighted by Crippen LogP contribution is 2.30. The molecule has 9 nitrogen and oxygen atoms in total. The number of thioether (sulfide) groups is 1. The summed E-state index contributed by atoms with van der Waals surface area (Å²) in [7, 11) is -1.87. The lowest BCUT2D eigenvalue weighted by Gasteiger charge is -2.38. The summed E-state index contributed by atoms with van der Waals surface area (Å²) >= 11 is 1.19. The Morgan fingerprint density at radius 2 is 1.80 bits per heavy atom. The predicted octanol–water partition coefficient (Wildman–Crippen LogP) is 3.87. The Hall–Kier alpha value is -3.18. The smallest absolute Gasteiger partial charge is 0.337 e. The van der Waals surface area contributed by atoms with Crippen molar-refractivity contribution in [1.29, 1.82) is 0 Å². The highest BCUT2D eigenvalue weighted by Gasteiger charge is 2.38. The van der Waals surface area contributed by atoms with Crippen molar-refractivity contribution in [3.63, 3.8) is 0 Å². The van der Waals surface area contributed by atoms with E-state index in [1.165, 1.54) is 24.9 Å². The number of aryl methyl sites for hydroxylation is 1. The van der Waals surface area contributed by atoms with E-state index in [1.54, 1.807) is 16.7 Å². The second-order valence-corrected chi connectivity index (χ2v) is 13.9. The zero-order valence-electron chi connectivity index (χ0n) is 23.2. The normalized spacial score (nSPS) is 18.8. The summed E-state index contributed by atoms with van der Waals surface area (Å²) in [6.07, 6.45) is 5.98. The number of amides is 1. The first-order valence-electron chi connectivity index (χ1n) is 14.1. The predicted molar refractivity (Wildman–Crippen MR) is 159 cm³/mol. The molecule has 0 radical (unpaired) electrons. The Balaban J connectivity index is 1.45. The molecule has 1 saturated heterocycles. The molecule has 5 rings (SSSR count). The second-order valence-electron chi connectivity index (χ2n) is 10.7. The van der Waals surface area contributed by atoms with Crippen molar-refractivity contribution >= 4 is 44.4 Å². The molecular weight excluding hydrogens is 562 g/mol. The lowest BCUT2D eigenvalue weighted by atomic mass is 9.93. The van der Waals surface area contributed by atoms with Gasteiger partial charge in [0.1, 0.15) is 0 Å². The van der Waals surface area contributed by atoms with E-state index in [0.29, 0.717) is 35.4 Å². The van der Waals surface area contributed by atoms with Gasteiger partial charge in [0.05, 0.1) is 40.8 Å². The average molecular weight is 598 g/mol. The molecule has 3 aromatic rings. The summed E-state index contributed by atoms with van der Waals surface area (Å²) in [5, 5.41) is 0.762. The number of hydrogen-bond acceptors (Lipinski definition) is 8. The molecule has 0 bridgehead atoms.